The van der Waals surface area contributed by atoms with Crippen molar-refractivity contribution in [3.05, 3.63) is 0 Å². The Balaban J connectivity index is 1.71. The fourth-order valence-electron chi connectivity index (χ4n) is 3.45. The van der Waals surface area contributed by atoms with Crippen molar-refractivity contribution in [2.24, 2.45) is 5.92 Å². The zero-order valence-corrected chi connectivity index (χ0v) is 17.8. The van der Waals surface area contributed by atoms with Crippen LogP contribution in [0.1, 0.15) is 66.2 Å². The van der Waals surface area contributed by atoms with Gasteiger partial charge in [-0.05, 0) is 53.4 Å². The molecule has 1 aliphatic heterocycles. The molecule has 1 heterocycles. The second-order valence-corrected chi connectivity index (χ2v) is 8.76. The smallest absolute Gasteiger partial charge is 0.410 e. The number of imide groups is 1. The van der Waals surface area contributed by atoms with E-state index in [-0.39, 0.29) is 6.04 Å². The summed E-state index contributed by atoms with van der Waals surface area (Å²) in [6, 6.07) is -0.466. The monoisotopic (exact) mass is 411 g/mol. The van der Waals surface area contributed by atoms with Crippen LogP contribution in [0.2, 0.25) is 0 Å². The van der Waals surface area contributed by atoms with Crippen LogP contribution in [0.3, 0.4) is 0 Å². The molecule has 0 aromatic carbocycles. The highest BCUT2D eigenvalue weighted by Crippen LogP contribution is 2.21. The Kier molecular flexibility index (Phi) is 7.87. The summed E-state index contributed by atoms with van der Waals surface area (Å²) in [7, 11) is 0. The van der Waals surface area contributed by atoms with E-state index in [2.05, 4.69) is 10.6 Å². The number of hydrogen-bond acceptors (Lipinski definition) is 6. The minimum atomic E-state index is -1.07. The third-order valence-electron chi connectivity index (χ3n) is 5.07. The maximum atomic E-state index is 12.3. The first-order valence-corrected chi connectivity index (χ1v) is 10.3. The minimum Gasteiger partial charge on any atom is -0.452 e. The van der Waals surface area contributed by atoms with Gasteiger partial charge in [0.2, 0.25) is 0 Å². The zero-order chi connectivity index (χ0) is 21.6. The number of piperidine rings is 1. The van der Waals surface area contributed by atoms with Crippen LogP contribution < -0.4 is 10.6 Å². The molecule has 2 N–H and O–H groups in total. The number of carbonyl (C=O) groups is 4. The van der Waals surface area contributed by atoms with Gasteiger partial charge in [0.1, 0.15) is 5.60 Å². The Bertz CT molecular complexity index is 616. The Morgan fingerprint density at radius 1 is 1.00 bits per heavy atom. The number of rotatable bonds is 4. The van der Waals surface area contributed by atoms with Gasteiger partial charge in [-0.2, -0.15) is 0 Å². The molecule has 0 aromatic heterocycles. The molecule has 0 aromatic rings. The van der Waals surface area contributed by atoms with Gasteiger partial charge in [0.25, 0.3) is 5.91 Å². The third-order valence-corrected chi connectivity index (χ3v) is 5.07. The van der Waals surface area contributed by atoms with Gasteiger partial charge in [-0.25, -0.2) is 9.59 Å². The van der Waals surface area contributed by atoms with Gasteiger partial charge in [0.15, 0.2) is 6.10 Å². The molecule has 0 unspecified atom stereocenters. The van der Waals surface area contributed by atoms with E-state index in [1.807, 2.05) is 0 Å². The highest BCUT2D eigenvalue weighted by molar-refractivity contribution is 5.97. The van der Waals surface area contributed by atoms with Crippen LogP contribution in [0.5, 0.6) is 0 Å². The summed E-state index contributed by atoms with van der Waals surface area (Å²) >= 11 is 0. The molecule has 1 saturated heterocycles. The number of amides is 4. The lowest BCUT2D eigenvalue weighted by Gasteiger charge is -2.32. The molecule has 1 atom stereocenters. The Morgan fingerprint density at radius 2 is 1.59 bits per heavy atom. The molecule has 1 aliphatic carbocycles. The fourth-order valence-corrected chi connectivity index (χ4v) is 3.45. The molecule has 0 spiro atoms. The molecule has 164 valence electrons. The van der Waals surface area contributed by atoms with E-state index in [4.69, 9.17) is 9.47 Å². The molecule has 1 saturated carbocycles. The number of esters is 1. The van der Waals surface area contributed by atoms with E-state index >= 15 is 0 Å². The number of nitrogens with zero attached hydrogens (tertiary/aromatic N) is 1. The van der Waals surface area contributed by atoms with Crippen LogP contribution in [0, 0.1) is 5.92 Å². The number of ether oxygens (including phenoxy) is 2. The average molecular weight is 411 g/mol. The summed E-state index contributed by atoms with van der Waals surface area (Å²) in [6.45, 7) is 7.62. The Morgan fingerprint density at radius 3 is 2.14 bits per heavy atom. The van der Waals surface area contributed by atoms with Crippen molar-refractivity contribution >= 4 is 24.0 Å². The minimum absolute atomic E-state index is 0.0933. The first-order valence-electron chi connectivity index (χ1n) is 10.3. The summed E-state index contributed by atoms with van der Waals surface area (Å²) in [6.07, 6.45) is 3.37. The maximum Gasteiger partial charge on any atom is 0.410 e. The predicted molar refractivity (Wildman–Crippen MR) is 105 cm³/mol. The van der Waals surface area contributed by atoms with Crippen LogP contribution in [0.15, 0.2) is 0 Å². The predicted octanol–water partition coefficient (Wildman–Crippen LogP) is 2.33. The number of nitrogens with one attached hydrogen (secondary N) is 2. The standard InChI is InChI=1S/C20H33N3O6/c1-13(16(24)22-18(26)21-15-7-5-6-8-15)28-17(25)14-9-11-23(12-10-14)19(27)29-20(2,3)4/h13-15H,5-12H2,1-4H3,(H2,21,22,24,26)/t13-/m0/s1. The van der Waals surface area contributed by atoms with Crippen molar-refractivity contribution in [1.29, 1.82) is 0 Å². The van der Waals surface area contributed by atoms with Crippen LogP contribution in [0.25, 0.3) is 0 Å². The molecule has 2 aliphatic rings. The largest absolute Gasteiger partial charge is 0.452 e. The number of hydrogen-bond donors (Lipinski definition) is 2. The molecular weight excluding hydrogens is 378 g/mol. The van der Waals surface area contributed by atoms with Gasteiger partial charge in [-0.1, -0.05) is 12.8 Å². The molecule has 0 radical (unpaired) electrons. The molecule has 9 nitrogen and oxygen atoms in total. The summed E-state index contributed by atoms with van der Waals surface area (Å²) < 4.78 is 10.6. The van der Waals surface area contributed by atoms with Crippen molar-refractivity contribution in [3.8, 4) is 0 Å². The molecule has 9 heteroatoms. The van der Waals surface area contributed by atoms with E-state index in [1.54, 1.807) is 25.7 Å². The van der Waals surface area contributed by atoms with Crippen molar-refractivity contribution in [1.82, 2.24) is 15.5 Å². The molecule has 0 bridgehead atoms. The van der Waals surface area contributed by atoms with E-state index in [1.165, 1.54) is 6.92 Å². The van der Waals surface area contributed by atoms with E-state index in [9.17, 15) is 19.2 Å². The van der Waals surface area contributed by atoms with Gasteiger partial charge < -0.3 is 19.7 Å². The van der Waals surface area contributed by atoms with E-state index < -0.39 is 41.6 Å². The van der Waals surface area contributed by atoms with Gasteiger partial charge >= 0.3 is 18.1 Å². The quantitative estimate of drug-likeness (QED) is 0.687. The lowest BCUT2D eigenvalue weighted by Crippen LogP contribution is -2.48. The Hall–Kier alpha value is -2.32. The van der Waals surface area contributed by atoms with Crippen LogP contribution in [-0.2, 0) is 19.1 Å². The zero-order valence-electron chi connectivity index (χ0n) is 17.8. The first-order chi connectivity index (χ1) is 13.5. The van der Waals surface area contributed by atoms with E-state index in [0.717, 1.165) is 25.7 Å². The van der Waals surface area contributed by atoms with Gasteiger partial charge in [-0.15, -0.1) is 0 Å². The summed E-state index contributed by atoms with van der Waals surface area (Å²) in [5.74, 6) is -1.54. The molecule has 4 amide bonds. The molecule has 2 fully saturated rings. The number of likely N-dealkylation sites (tertiary alicyclic amines) is 1. The SMILES string of the molecule is C[C@H](OC(=O)C1CCN(C(=O)OC(C)(C)C)CC1)C(=O)NC(=O)NC1CCCC1. The van der Waals surface area contributed by atoms with E-state index in [0.29, 0.717) is 25.9 Å². The number of urea groups is 1. The normalized spacial score (nSPS) is 19.4. The lowest BCUT2D eigenvalue weighted by atomic mass is 9.97. The lowest BCUT2D eigenvalue weighted by molar-refractivity contribution is -0.159. The van der Waals surface area contributed by atoms with Crippen molar-refractivity contribution in [2.45, 2.75) is 84.0 Å². The van der Waals surface area contributed by atoms with Crippen LogP contribution >= 0.6 is 0 Å². The topological polar surface area (TPSA) is 114 Å². The third kappa shape index (κ3) is 7.55. The first kappa shape index (κ1) is 23.0. The highest BCUT2D eigenvalue weighted by atomic mass is 16.6. The average Bonchev–Trinajstić information content (AvgIpc) is 3.13. The highest BCUT2D eigenvalue weighted by Gasteiger charge is 2.32. The molecule has 29 heavy (non-hydrogen) atoms. The van der Waals surface area contributed by atoms with Gasteiger partial charge in [0.05, 0.1) is 5.92 Å². The van der Waals surface area contributed by atoms with Crippen molar-refractivity contribution < 1.29 is 28.7 Å². The maximum absolute atomic E-state index is 12.3. The fraction of sp³-hybridized carbons (Fsp3) is 0.800. The molecular formula is C20H33N3O6. The Labute approximate surface area is 171 Å². The van der Waals surface area contributed by atoms with Crippen molar-refractivity contribution in [3.63, 3.8) is 0 Å². The van der Waals surface area contributed by atoms with Gasteiger partial charge in [-0.3, -0.25) is 14.9 Å². The summed E-state index contributed by atoms with van der Waals surface area (Å²) in [5, 5.41) is 4.98. The summed E-state index contributed by atoms with van der Waals surface area (Å²) in [4.78, 5) is 50.0. The van der Waals surface area contributed by atoms with Crippen molar-refractivity contribution in [2.75, 3.05) is 13.1 Å². The second kappa shape index (κ2) is 9.93. The van der Waals surface area contributed by atoms with Crippen LogP contribution in [-0.4, -0.2) is 59.7 Å². The summed E-state index contributed by atoms with van der Waals surface area (Å²) in [5.41, 5.74) is -0.570. The van der Waals surface area contributed by atoms with Crippen LogP contribution in [0.4, 0.5) is 9.59 Å². The number of carbonyl (C=O) groups excluding carboxylic acids is 4. The molecule has 2 rings (SSSR count). The second-order valence-electron chi connectivity index (χ2n) is 8.76. The van der Waals surface area contributed by atoms with Gasteiger partial charge in [0, 0.05) is 19.1 Å².